The molecule has 0 radical (unpaired) electrons. The maximum atomic E-state index is 10.1. The molecule has 1 fully saturated rings. The molecule has 22 heavy (non-hydrogen) atoms. The Labute approximate surface area is 131 Å². The monoisotopic (exact) mass is 297 g/mol. The van der Waals surface area contributed by atoms with Gasteiger partial charge in [-0.15, -0.1) is 0 Å². The molecule has 0 spiro atoms. The van der Waals surface area contributed by atoms with E-state index in [2.05, 4.69) is 29.2 Å². The molecule has 116 valence electrons. The molecule has 2 aromatic carbocycles. The minimum absolute atomic E-state index is 0.0589. The molecule has 3 nitrogen and oxygen atoms in total. The van der Waals surface area contributed by atoms with Gasteiger partial charge in [-0.05, 0) is 11.1 Å². The molecule has 0 saturated carbocycles. The Morgan fingerprint density at radius 2 is 1.59 bits per heavy atom. The van der Waals surface area contributed by atoms with E-state index in [-0.39, 0.29) is 24.5 Å². The van der Waals surface area contributed by atoms with E-state index in [1.807, 2.05) is 36.4 Å². The zero-order valence-corrected chi connectivity index (χ0v) is 12.7. The van der Waals surface area contributed by atoms with Crippen LogP contribution in [0.3, 0.4) is 0 Å². The van der Waals surface area contributed by atoms with Crippen LogP contribution in [0.2, 0.25) is 0 Å². The van der Waals surface area contributed by atoms with E-state index in [4.69, 9.17) is 0 Å². The van der Waals surface area contributed by atoms with Gasteiger partial charge >= 0.3 is 0 Å². The lowest BCUT2D eigenvalue weighted by Crippen LogP contribution is -2.40. The Bertz CT molecular complexity index is 587. The van der Waals surface area contributed by atoms with E-state index >= 15 is 0 Å². The molecular formula is C19H23NO2. The fourth-order valence-corrected chi connectivity index (χ4v) is 3.64. The molecule has 0 aliphatic carbocycles. The van der Waals surface area contributed by atoms with Crippen LogP contribution in [-0.2, 0) is 12.0 Å². The molecule has 0 amide bonds. The Hall–Kier alpha value is -1.68. The Morgan fingerprint density at radius 3 is 2.18 bits per heavy atom. The molecule has 3 rings (SSSR count). The van der Waals surface area contributed by atoms with Crippen LogP contribution >= 0.6 is 0 Å². The van der Waals surface area contributed by atoms with E-state index in [0.29, 0.717) is 0 Å². The summed E-state index contributed by atoms with van der Waals surface area (Å²) in [5.41, 5.74) is 2.01. The van der Waals surface area contributed by atoms with Gasteiger partial charge < -0.3 is 10.2 Å². The summed E-state index contributed by atoms with van der Waals surface area (Å²) in [6, 6.07) is 20.5. The molecule has 1 saturated heterocycles. The van der Waals surface area contributed by atoms with E-state index in [1.165, 1.54) is 5.56 Å². The summed E-state index contributed by atoms with van der Waals surface area (Å²) < 4.78 is 0. The minimum Gasteiger partial charge on any atom is -0.396 e. The predicted octanol–water partition coefficient (Wildman–Crippen LogP) is 2.04. The van der Waals surface area contributed by atoms with E-state index in [1.54, 1.807) is 0 Å². The molecule has 0 aromatic heterocycles. The minimum atomic E-state index is -0.370. The summed E-state index contributed by atoms with van der Waals surface area (Å²) in [6.07, 6.45) is 0. The van der Waals surface area contributed by atoms with Crippen LogP contribution in [0.15, 0.2) is 60.7 Å². The maximum Gasteiger partial charge on any atom is 0.0544 e. The van der Waals surface area contributed by atoms with Gasteiger partial charge in [-0.25, -0.2) is 0 Å². The second-order valence-electron chi connectivity index (χ2n) is 6.21. The number of nitrogens with zero attached hydrogens (tertiary/aromatic N) is 1. The standard InChI is InChI=1S/C19H23NO2/c21-13-18-12-20(11-16-7-3-1-4-8-16)14-19(18,15-22)17-9-5-2-6-10-17/h1-10,18,21-22H,11-15H2. The molecule has 2 unspecified atom stereocenters. The highest BCUT2D eigenvalue weighted by atomic mass is 16.3. The number of aliphatic hydroxyl groups is 2. The number of likely N-dealkylation sites (tertiary alicyclic amines) is 1. The van der Waals surface area contributed by atoms with Crippen molar-refractivity contribution >= 4 is 0 Å². The van der Waals surface area contributed by atoms with Crippen LogP contribution in [0.1, 0.15) is 11.1 Å². The fraction of sp³-hybridized carbons (Fsp3) is 0.368. The average molecular weight is 297 g/mol. The second-order valence-corrected chi connectivity index (χ2v) is 6.21. The van der Waals surface area contributed by atoms with Crippen LogP contribution in [-0.4, -0.2) is 41.4 Å². The second kappa shape index (κ2) is 6.61. The first-order valence-corrected chi connectivity index (χ1v) is 7.82. The van der Waals surface area contributed by atoms with Crippen LogP contribution < -0.4 is 0 Å². The first kappa shape index (κ1) is 15.2. The van der Waals surface area contributed by atoms with Gasteiger partial charge in [-0.1, -0.05) is 60.7 Å². The van der Waals surface area contributed by atoms with Crippen molar-refractivity contribution in [3.8, 4) is 0 Å². The summed E-state index contributed by atoms with van der Waals surface area (Å²) in [7, 11) is 0. The van der Waals surface area contributed by atoms with Gasteiger partial charge in [0.1, 0.15) is 0 Å². The lowest BCUT2D eigenvalue weighted by Gasteiger charge is -2.32. The molecular weight excluding hydrogens is 274 g/mol. The lowest BCUT2D eigenvalue weighted by atomic mass is 9.73. The summed E-state index contributed by atoms with van der Waals surface area (Å²) in [5.74, 6) is 0.0589. The van der Waals surface area contributed by atoms with Crippen molar-refractivity contribution < 1.29 is 10.2 Å². The normalized spacial score (nSPS) is 25.5. The Kier molecular flexibility index (Phi) is 4.57. The van der Waals surface area contributed by atoms with Crippen molar-refractivity contribution in [3.63, 3.8) is 0 Å². The smallest absolute Gasteiger partial charge is 0.0544 e. The zero-order valence-electron chi connectivity index (χ0n) is 12.7. The summed E-state index contributed by atoms with van der Waals surface area (Å²) in [5, 5.41) is 20.0. The highest BCUT2D eigenvalue weighted by Crippen LogP contribution is 2.39. The Balaban J connectivity index is 1.85. The van der Waals surface area contributed by atoms with Gasteiger partial charge in [-0.3, -0.25) is 4.90 Å². The summed E-state index contributed by atoms with van der Waals surface area (Å²) >= 11 is 0. The SMILES string of the molecule is OCC1CN(Cc2ccccc2)CC1(CO)c1ccccc1. The van der Waals surface area contributed by atoms with Crippen molar-refractivity contribution in [2.75, 3.05) is 26.3 Å². The van der Waals surface area contributed by atoms with Gasteiger partial charge in [0.2, 0.25) is 0 Å². The molecule has 2 aromatic rings. The number of aliphatic hydroxyl groups excluding tert-OH is 2. The van der Waals surface area contributed by atoms with Gasteiger partial charge in [-0.2, -0.15) is 0 Å². The van der Waals surface area contributed by atoms with Gasteiger partial charge in [0.15, 0.2) is 0 Å². The Morgan fingerprint density at radius 1 is 0.955 bits per heavy atom. The third kappa shape index (κ3) is 2.80. The highest BCUT2D eigenvalue weighted by Gasteiger charge is 2.46. The number of hydrogen-bond donors (Lipinski definition) is 2. The van der Waals surface area contributed by atoms with Crippen molar-refractivity contribution in [2.45, 2.75) is 12.0 Å². The number of benzene rings is 2. The molecule has 0 bridgehead atoms. The van der Waals surface area contributed by atoms with Gasteiger partial charge in [0.05, 0.1) is 6.61 Å². The third-order valence-corrected chi connectivity index (χ3v) is 4.87. The molecule has 2 atom stereocenters. The van der Waals surface area contributed by atoms with Crippen molar-refractivity contribution in [2.24, 2.45) is 5.92 Å². The van der Waals surface area contributed by atoms with Crippen molar-refractivity contribution in [3.05, 3.63) is 71.8 Å². The van der Waals surface area contributed by atoms with Crippen LogP contribution in [0.4, 0.5) is 0 Å². The third-order valence-electron chi connectivity index (χ3n) is 4.87. The van der Waals surface area contributed by atoms with Crippen molar-refractivity contribution in [1.82, 2.24) is 4.90 Å². The highest BCUT2D eigenvalue weighted by molar-refractivity contribution is 5.30. The average Bonchev–Trinajstić information content (AvgIpc) is 2.95. The fourth-order valence-electron chi connectivity index (χ4n) is 3.64. The van der Waals surface area contributed by atoms with E-state index < -0.39 is 0 Å². The molecule has 1 heterocycles. The van der Waals surface area contributed by atoms with Crippen molar-refractivity contribution in [1.29, 1.82) is 0 Å². The largest absolute Gasteiger partial charge is 0.396 e. The first-order chi connectivity index (χ1) is 10.8. The van der Waals surface area contributed by atoms with Gasteiger partial charge in [0, 0.05) is 37.6 Å². The predicted molar refractivity (Wildman–Crippen MR) is 87.5 cm³/mol. The molecule has 1 aliphatic rings. The quantitative estimate of drug-likeness (QED) is 0.887. The summed E-state index contributed by atoms with van der Waals surface area (Å²) in [6.45, 7) is 2.59. The molecule has 3 heteroatoms. The van der Waals surface area contributed by atoms with E-state index in [0.717, 1.165) is 25.2 Å². The lowest BCUT2D eigenvalue weighted by molar-refractivity contribution is 0.122. The summed E-state index contributed by atoms with van der Waals surface area (Å²) in [4.78, 5) is 2.33. The van der Waals surface area contributed by atoms with E-state index in [9.17, 15) is 10.2 Å². The first-order valence-electron chi connectivity index (χ1n) is 7.82. The molecule has 2 N–H and O–H groups in total. The number of hydrogen-bond acceptors (Lipinski definition) is 3. The topological polar surface area (TPSA) is 43.7 Å². The maximum absolute atomic E-state index is 10.1. The van der Waals surface area contributed by atoms with Crippen LogP contribution in [0.5, 0.6) is 0 Å². The van der Waals surface area contributed by atoms with Crippen LogP contribution in [0, 0.1) is 5.92 Å². The number of rotatable bonds is 5. The van der Waals surface area contributed by atoms with Gasteiger partial charge in [0.25, 0.3) is 0 Å². The van der Waals surface area contributed by atoms with Crippen LogP contribution in [0.25, 0.3) is 0 Å². The molecule has 1 aliphatic heterocycles. The zero-order chi connectivity index (χ0) is 15.4.